The molecule has 4 nitrogen and oxygen atoms in total. The van der Waals surface area contributed by atoms with Crippen molar-refractivity contribution in [1.82, 2.24) is 4.72 Å². The summed E-state index contributed by atoms with van der Waals surface area (Å²) < 4.78 is 40.4. The SMILES string of the molecule is CC1CCCCC1CNS(=O)(=O)c1ccc(F)c(CO)c1. The largest absolute Gasteiger partial charge is 0.392 e. The fourth-order valence-electron chi connectivity index (χ4n) is 2.84. The second kappa shape index (κ2) is 6.85. The van der Waals surface area contributed by atoms with Crippen LogP contribution in [0.5, 0.6) is 0 Å². The van der Waals surface area contributed by atoms with Gasteiger partial charge in [0, 0.05) is 12.1 Å². The third-order valence-corrected chi connectivity index (χ3v) is 5.74. The lowest BCUT2D eigenvalue weighted by Crippen LogP contribution is -2.33. The molecule has 0 radical (unpaired) electrons. The zero-order valence-corrected chi connectivity index (χ0v) is 13.0. The number of aliphatic hydroxyl groups excluding tert-OH is 1. The highest BCUT2D eigenvalue weighted by molar-refractivity contribution is 7.89. The molecule has 2 N–H and O–H groups in total. The average Bonchev–Trinajstić information content (AvgIpc) is 2.46. The fourth-order valence-corrected chi connectivity index (χ4v) is 3.98. The maximum Gasteiger partial charge on any atom is 0.240 e. The molecule has 0 heterocycles. The average molecular weight is 315 g/mol. The Morgan fingerprint density at radius 1 is 1.33 bits per heavy atom. The van der Waals surface area contributed by atoms with Gasteiger partial charge in [-0.05, 0) is 36.5 Å². The number of benzene rings is 1. The van der Waals surface area contributed by atoms with E-state index in [2.05, 4.69) is 11.6 Å². The predicted molar refractivity (Wildman–Crippen MR) is 78.6 cm³/mol. The van der Waals surface area contributed by atoms with Gasteiger partial charge in [0.25, 0.3) is 0 Å². The minimum absolute atomic E-state index is 0.00332. The Bertz CT molecular complexity index is 589. The van der Waals surface area contributed by atoms with Crippen LogP contribution in [0.3, 0.4) is 0 Å². The Morgan fingerprint density at radius 2 is 2.05 bits per heavy atom. The molecule has 0 saturated heterocycles. The minimum atomic E-state index is -3.66. The van der Waals surface area contributed by atoms with E-state index in [0.717, 1.165) is 25.3 Å². The van der Waals surface area contributed by atoms with Crippen LogP contribution in [0.1, 0.15) is 38.2 Å². The number of hydrogen-bond acceptors (Lipinski definition) is 3. The van der Waals surface area contributed by atoms with Crippen LogP contribution in [0.2, 0.25) is 0 Å². The van der Waals surface area contributed by atoms with E-state index in [1.165, 1.54) is 18.6 Å². The van der Waals surface area contributed by atoms with Gasteiger partial charge in [0.2, 0.25) is 10.0 Å². The van der Waals surface area contributed by atoms with E-state index in [1.807, 2.05) is 0 Å². The summed E-state index contributed by atoms with van der Waals surface area (Å²) in [6, 6.07) is 3.48. The van der Waals surface area contributed by atoms with Crippen molar-refractivity contribution in [3.05, 3.63) is 29.6 Å². The molecule has 0 aliphatic heterocycles. The molecule has 21 heavy (non-hydrogen) atoms. The van der Waals surface area contributed by atoms with Gasteiger partial charge in [-0.3, -0.25) is 0 Å². The molecule has 2 rings (SSSR count). The Morgan fingerprint density at radius 3 is 2.71 bits per heavy atom. The van der Waals surface area contributed by atoms with E-state index in [0.29, 0.717) is 18.4 Å². The molecular weight excluding hydrogens is 293 g/mol. The van der Waals surface area contributed by atoms with Crippen LogP contribution in [0.4, 0.5) is 4.39 Å². The first kappa shape index (κ1) is 16.4. The summed E-state index contributed by atoms with van der Waals surface area (Å²) >= 11 is 0. The molecule has 1 saturated carbocycles. The molecule has 6 heteroatoms. The normalized spacial score (nSPS) is 23.2. The van der Waals surface area contributed by atoms with Crippen LogP contribution in [0, 0.1) is 17.7 Å². The third kappa shape index (κ3) is 4.02. The van der Waals surface area contributed by atoms with Crippen molar-refractivity contribution in [3.8, 4) is 0 Å². The van der Waals surface area contributed by atoms with Crippen LogP contribution in [-0.4, -0.2) is 20.1 Å². The quantitative estimate of drug-likeness (QED) is 0.877. The van der Waals surface area contributed by atoms with Crippen LogP contribution in [-0.2, 0) is 16.6 Å². The number of aliphatic hydroxyl groups is 1. The highest BCUT2D eigenvalue weighted by Crippen LogP contribution is 2.29. The topological polar surface area (TPSA) is 66.4 Å². The van der Waals surface area contributed by atoms with Gasteiger partial charge in [0.1, 0.15) is 5.82 Å². The lowest BCUT2D eigenvalue weighted by Gasteiger charge is -2.28. The first-order valence-corrected chi connectivity index (χ1v) is 8.81. The van der Waals surface area contributed by atoms with Crippen molar-refractivity contribution in [2.75, 3.05) is 6.54 Å². The highest BCUT2D eigenvalue weighted by atomic mass is 32.2. The summed E-state index contributed by atoms with van der Waals surface area (Å²) in [6.45, 7) is 2.05. The van der Waals surface area contributed by atoms with Crippen molar-refractivity contribution < 1.29 is 17.9 Å². The van der Waals surface area contributed by atoms with Gasteiger partial charge in [0.15, 0.2) is 0 Å². The molecule has 1 aromatic carbocycles. The molecule has 1 aliphatic carbocycles. The summed E-state index contributed by atoms with van der Waals surface area (Å²) in [7, 11) is -3.66. The predicted octanol–water partition coefficient (Wildman–Crippen LogP) is 2.42. The fraction of sp³-hybridized carbons (Fsp3) is 0.600. The molecule has 1 fully saturated rings. The van der Waals surface area contributed by atoms with Gasteiger partial charge in [-0.2, -0.15) is 0 Å². The lowest BCUT2D eigenvalue weighted by atomic mass is 9.81. The molecule has 1 aromatic rings. The molecule has 0 amide bonds. The minimum Gasteiger partial charge on any atom is -0.392 e. The Balaban J connectivity index is 2.07. The van der Waals surface area contributed by atoms with Crippen LogP contribution in [0.25, 0.3) is 0 Å². The van der Waals surface area contributed by atoms with Gasteiger partial charge in [0.05, 0.1) is 11.5 Å². The standard InChI is InChI=1S/C15H22FNO3S/c1-11-4-2-3-5-12(11)9-17-21(19,20)14-6-7-15(16)13(8-14)10-18/h6-8,11-12,17-18H,2-5,9-10H2,1H3. The number of halogens is 1. The molecule has 0 aromatic heterocycles. The van der Waals surface area contributed by atoms with E-state index in [9.17, 15) is 12.8 Å². The molecular formula is C15H22FNO3S. The summed E-state index contributed by atoms with van der Waals surface area (Å²) in [4.78, 5) is -0.00332. The number of nitrogens with one attached hydrogen (secondary N) is 1. The number of hydrogen-bond donors (Lipinski definition) is 2. The second-order valence-electron chi connectivity index (χ2n) is 5.79. The number of sulfonamides is 1. The zero-order chi connectivity index (χ0) is 15.5. The first-order chi connectivity index (χ1) is 9.94. The molecule has 2 unspecified atom stereocenters. The first-order valence-electron chi connectivity index (χ1n) is 7.33. The maximum absolute atomic E-state index is 13.3. The van der Waals surface area contributed by atoms with E-state index >= 15 is 0 Å². The Kier molecular flexibility index (Phi) is 5.35. The van der Waals surface area contributed by atoms with Crippen molar-refractivity contribution in [2.45, 2.75) is 44.1 Å². The number of rotatable bonds is 5. The van der Waals surface area contributed by atoms with E-state index in [-0.39, 0.29) is 10.5 Å². The van der Waals surface area contributed by atoms with Gasteiger partial charge in [-0.1, -0.05) is 26.2 Å². The van der Waals surface area contributed by atoms with Crippen LogP contribution < -0.4 is 4.72 Å². The molecule has 1 aliphatic rings. The van der Waals surface area contributed by atoms with Gasteiger partial charge < -0.3 is 5.11 Å². The van der Waals surface area contributed by atoms with Gasteiger partial charge in [-0.25, -0.2) is 17.5 Å². The van der Waals surface area contributed by atoms with Gasteiger partial charge in [-0.15, -0.1) is 0 Å². The van der Waals surface area contributed by atoms with Crippen molar-refractivity contribution >= 4 is 10.0 Å². The molecule has 0 bridgehead atoms. The lowest BCUT2D eigenvalue weighted by molar-refractivity contribution is 0.257. The smallest absolute Gasteiger partial charge is 0.240 e. The summed E-state index contributed by atoms with van der Waals surface area (Å²) in [6.07, 6.45) is 4.52. The van der Waals surface area contributed by atoms with E-state index in [4.69, 9.17) is 5.11 Å². The molecule has 2 atom stereocenters. The molecule has 0 spiro atoms. The monoisotopic (exact) mass is 315 g/mol. The summed E-state index contributed by atoms with van der Waals surface area (Å²) in [5.41, 5.74) is -0.0103. The Labute approximate surface area is 125 Å². The highest BCUT2D eigenvalue weighted by Gasteiger charge is 2.24. The zero-order valence-electron chi connectivity index (χ0n) is 12.2. The summed E-state index contributed by atoms with van der Waals surface area (Å²) in [5.74, 6) is 0.270. The van der Waals surface area contributed by atoms with Gasteiger partial charge >= 0.3 is 0 Å². The molecule has 118 valence electrons. The third-order valence-electron chi connectivity index (χ3n) is 4.32. The van der Waals surface area contributed by atoms with Crippen molar-refractivity contribution in [3.63, 3.8) is 0 Å². The van der Waals surface area contributed by atoms with Crippen LogP contribution >= 0.6 is 0 Å². The summed E-state index contributed by atoms with van der Waals surface area (Å²) in [5, 5.41) is 9.02. The van der Waals surface area contributed by atoms with E-state index in [1.54, 1.807) is 0 Å². The Hall–Kier alpha value is -0.980. The van der Waals surface area contributed by atoms with E-state index < -0.39 is 22.4 Å². The van der Waals surface area contributed by atoms with Crippen molar-refractivity contribution in [1.29, 1.82) is 0 Å². The second-order valence-corrected chi connectivity index (χ2v) is 7.55. The van der Waals surface area contributed by atoms with Crippen molar-refractivity contribution in [2.24, 2.45) is 11.8 Å². The van der Waals surface area contributed by atoms with Crippen LogP contribution in [0.15, 0.2) is 23.1 Å². The maximum atomic E-state index is 13.3.